The molecule has 0 spiro atoms. The number of amides is 1. The first-order valence-electron chi connectivity index (χ1n) is 6.79. The molecule has 2 saturated heterocycles. The number of piperidine rings is 1. The molecule has 0 aromatic carbocycles. The van der Waals surface area contributed by atoms with Crippen molar-refractivity contribution in [2.75, 3.05) is 32.7 Å². The Kier molecular flexibility index (Phi) is 4.63. The number of hydrogen-bond acceptors (Lipinski definition) is 3. The summed E-state index contributed by atoms with van der Waals surface area (Å²) in [5.41, 5.74) is 1.20. The Balaban J connectivity index is 0.00000133. The minimum absolute atomic E-state index is 0. The number of thiophene rings is 1. The smallest absolute Gasteiger partial charge is 0.263 e. The molecule has 1 amide bonds. The molecule has 19 heavy (non-hydrogen) atoms. The van der Waals surface area contributed by atoms with E-state index in [2.05, 4.69) is 22.1 Å². The van der Waals surface area contributed by atoms with E-state index in [1.54, 1.807) is 11.3 Å². The Morgan fingerprint density at radius 2 is 2.16 bits per heavy atom. The van der Waals surface area contributed by atoms with Crippen molar-refractivity contribution in [1.82, 2.24) is 9.80 Å². The summed E-state index contributed by atoms with van der Waals surface area (Å²) in [4.78, 5) is 18.0. The van der Waals surface area contributed by atoms with Gasteiger partial charge in [-0.3, -0.25) is 4.79 Å². The third-order valence-electron chi connectivity index (χ3n) is 4.00. The summed E-state index contributed by atoms with van der Waals surface area (Å²) in [6.45, 7) is 7.35. The second-order valence-electron chi connectivity index (χ2n) is 5.55. The fraction of sp³-hybridized carbons (Fsp3) is 0.600. The van der Waals surface area contributed by atoms with Gasteiger partial charge in [-0.15, -0.1) is 11.3 Å². The number of hydrogen-bond donors (Lipinski definition) is 0. The van der Waals surface area contributed by atoms with Crippen LogP contribution in [0.1, 0.15) is 28.1 Å². The maximum atomic E-state index is 12.5. The van der Waals surface area contributed by atoms with Crippen LogP contribution in [0.2, 0.25) is 0 Å². The van der Waals surface area contributed by atoms with Crippen molar-refractivity contribution in [3.05, 3.63) is 29.3 Å². The molecule has 104 valence electrons. The van der Waals surface area contributed by atoms with E-state index < -0.39 is 0 Å². The molecule has 2 aliphatic rings. The molecule has 0 N–H and O–H groups in total. The molecule has 3 heterocycles. The summed E-state index contributed by atoms with van der Waals surface area (Å²) in [5, 5.41) is 2.06. The van der Waals surface area contributed by atoms with Crippen molar-refractivity contribution in [2.24, 2.45) is 5.92 Å². The molecule has 3 nitrogen and oxygen atoms in total. The largest absolute Gasteiger partial charge is 0.336 e. The van der Waals surface area contributed by atoms with Gasteiger partial charge in [-0.1, -0.05) is 7.43 Å². The zero-order chi connectivity index (χ0) is 12.5. The standard InChI is InChI=1S/C14H20N2OS.CH2/c1-11-7-13(18-10-11)14(17)16-6-5-15-4-2-3-12(8-15)9-16;/h7,10,12H,2-6,8-9H2,1H3;1H2. The maximum Gasteiger partial charge on any atom is 0.263 e. The molecular formula is C15H22N2OS. The summed E-state index contributed by atoms with van der Waals surface area (Å²) < 4.78 is 0. The zero-order valence-corrected chi connectivity index (χ0v) is 12.4. The third-order valence-corrected chi connectivity index (χ3v) is 5.03. The van der Waals surface area contributed by atoms with Crippen molar-refractivity contribution < 1.29 is 4.79 Å². The van der Waals surface area contributed by atoms with Crippen LogP contribution in [-0.2, 0) is 0 Å². The molecule has 4 heteroatoms. The highest BCUT2D eigenvalue weighted by molar-refractivity contribution is 7.12. The fourth-order valence-electron chi connectivity index (χ4n) is 3.05. The third kappa shape index (κ3) is 3.18. The van der Waals surface area contributed by atoms with E-state index in [9.17, 15) is 4.79 Å². The monoisotopic (exact) mass is 278 g/mol. The number of carbonyl (C=O) groups excluding carboxylic acids is 1. The van der Waals surface area contributed by atoms with E-state index in [0.717, 1.165) is 24.5 Å². The molecule has 3 rings (SSSR count). The average Bonchev–Trinajstić information content (AvgIpc) is 2.74. The molecule has 1 aromatic heterocycles. The Bertz CT molecular complexity index is 443. The predicted octanol–water partition coefficient (Wildman–Crippen LogP) is 2.55. The van der Waals surface area contributed by atoms with Crippen LogP contribution < -0.4 is 0 Å². The SMILES string of the molecule is Cc1csc(C(=O)N2CCN3CCCC(C3)C2)c1.[CH2]. The van der Waals surface area contributed by atoms with Crippen LogP contribution >= 0.6 is 11.3 Å². The van der Waals surface area contributed by atoms with Crippen LogP contribution in [0.3, 0.4) is 0 Å². The van der Waals surface area contributed by atoms with Crippen LogP contribution in [0.15, 0.2) is 11.4 Å². The first-order chi connectivity index (χ1) is 8.72. The number of fused-ring (bicyclic) bond motifs is 2. The van der Waals surface area contributed by atoms with Crippen molar-refractivity contribution in [3.8, 4) is 0 Å². The van der Waals surface area contributed by atoms with Gasteiger partial charge < -0.3 is 9.80 Å². The van der Waals surface area contributed by atoms with Gasteiger partial charge in [-0.25, -0.2) is 0 Å². The van der Waals surface area contributed by atoms with E-state index in [0.29, 0.717) is 5.92 Å². The molecule has 2 unspecified atom stereocenters. The summed E-state index contributed by atoms with van der Waals surface area (Å²) in [6.07, 6.45) is 2.58. The van der Waals surface area contributed by atoms with Gasteiger partial charge in [0.05, 0.1) is 4.88 Å². The molecule has 2 atom stereocenters. The van der Waals surface area contributed by atoms with E-state index in [-0.39, 0.29) is 13.3 Å². The first-order valence-corrected chi connectivity index (χ1v) is 7.67. The molecular weight excluding hydrogens is 256 g/mol. The lowest BCUT2D eigenvalue weighted by Gasteiger charge is -2.29. The van der Waals surface area contributed by atoms with Gasteiger partial charge in [0.15, 0.2) is 0 Å². The second kappa shape index (κ2) is 6.06. The Morgan fingerprint density at radius 3 is 2.89 bits per heavy atom. The normalized spacial score (nSPS) is 26.5. The van der Waals surface area contributed by atoms with E-state index in [4.69, 9.17) is 0 Å². The van der Waals surface area contributed by atoms with Crippen molar-refractivity contribution in [1.29, 1.82) is 0 Å². The molecule has 0 saturated carbocycles. The lowest BCUT2D eigenvalue weighted by Crippen LogP contribution is -2.35. The van der Waals surface area contributed by atoms with Gasteiger partial charge in [0.25, 0.3) is 5.91 Å². The van der Waals surface area contributed by atoms with Gasteiger partial charge in [-0.2, -0.15) is 0 Å². The molecule has 2 bridgehead atoms. The highest BCUT2D eigenvalue weighted by atomic mass is 32.1. The number of carbonyl (C=O) groups is 1. The van der Waals surface area contributed by atoms with Gasteiger partial charge >= 0.3 is 0 Å². The van der Waals surface area contributed by atoms with Crippen LogP contribution in [0.25, 0.3) is 0 Å². The summed E-state index contributed by atoms with van der Waals surface area (Å²) in [5.74, 6) is 0.924. The lowest BCUT2D eigenvalue weighted by atomic mass is 9.98. The molecule has 1 aromatic rings. The first kappa shape index (κ1) is 14.5. The molecule has 2 radical (unpaired) electrons. The van der Waals surface area contributed by atoms with E-state index in [1.165, 1.54) is 31.5 Å². The molecule has 2 fully saturated rings. The van der Waals surface area contributed by atoms with Crippen LogP contribution in [0.5, 0.6) is 0 Å². The highest BCUT2D eigenvalue weighted by Crippen LogP contribution is 2.23. The Labute approximate surface area is 120 Å². The minimum Gasteiger partial charge on any atom is -0.336 e. The van der Waals surface area contributed by atoms with E-state index in [1.807, 2.05) is 6.07 Å². The van der Waals surface area contributed by atoms with Gasteiger partial charge in [0.2, 0.25) is 0 Å². The Morgan fingerprint density at radius 1 is 1.32 bits per heavy atom. The summed E-state index contributed by atoms with van der Waals surface area (Å²) in [7, 11) is 0. The van der Waals surface area contributed by atoms with Crippen LogP contribution in [0, 0.1) is 20.3 Å². The summed E-state index contributed by atoms with van der Waals surface area (Å²) >= 11 is 1.58. The summed E-state index contributed by atoms with van der Waals surface area (Å²) in [6, 6.07) is 2.02. The fourth-order valence-corrected chi connectivity index (χ4v) is 3.92. The molecule has 0 aliphatic carbocycles. The van der Waals surface area contributed by atoms with E-state index >= 15 is 0 Å². The van der Waals surface area contributed by atoms with Gasteiger partial charge in [0, 0.05) is 26.2 Å². The highest BCUT2D eigenvalue weighted by Gasteiger charge is 2.28. The van der Waals surface area contributed by atoms with Gasteiger partial charge in [-0.05, 0) is 49.2 Å². The Hall–Kier alpha value is -0.870. The lowest BCUT2D eigenvalue weighted by molar-refractivity contribution is 0.0751. The number of nitrogens with zero attached hydrogens (tertiary/aromatic N) is 2. The minimum atomic E-state index is 0. The van der Waals surface area contributed by atoms with Crippen molar-refractivity contribution in [2.45, 2.75) is 19.8 Å². The van der Waals surface area contributed by atoms with Crippen molar-refractivity contribution >= 4 is 17.2 Å². The maximum absolute atomic E-state index is 12.5. The van der Waals surface area contributed by atoms with Crippen molar-refractivity contribution in [3.63, 3.8) is 0 Å². The molecule has 2 aliphatic heterocycles. The number of rotatable bonds is 1. The number of aryl methyl sites for hydroxylation is 1. The predicted molar refractivity (Wildman–Crippen MR) is 79.5 cm³/mol. The van der Waals surface area contributed by atoms with Gasteiger partial charge in [0.1, 0.15) is 0 Å². The second-order valence-corrected chi connectivity index (χ2v) is 6.46. The van der Waals surface area contributed by atoms with Crippen LogP contribution in [-0.4, -0.2) is 48.4 Å². The quantitative estimate of drug-likeness (QED) is 0.788. The topological polar surface area (TPSA) is 23.6 Å². The average molecular weight is 278 g/mol. The zero-order valence-electron chi connectivity index (χ0n) is 11.6. The van der Waals surface area contributed by atoms with Crippen LogP contribution in [0.4, 0.5) is 0 Å².